The zero-order chi connectivity index (χ0) is 17.3. The number of rotatable bonds is 4. The first kappa shape index (κ1) is 16.6. The van der Waals surface area contributed by atoms with E-state index in [9.17, 15) is 4.39 Å². The standard InChI is InChI=1S/C19H21FO4/c1-11-9-13-10-15(21-2)18(22-3)19(23-4)16(13)17(24-11)12-5-7-14(20)8-6-12/h5-8,10-11,17H,9H2,1-4H3/t11-,17+/m0/s1. The van der Waals surface area contributed by atoms with Gasteiger partial charge in [0, 0.05) is 5.56 Å². The fourth-order valence-corrected chi connectivity index (χ4v) is 3.23. The van der Waals surface area contributed by atoms with Crippen LogP contribution in [0.15, 0.2) is 30.3 Å². The number of halogens is 1. The second-order valence-corrected chi connectivity index (χ2v) is 5.80. The lowest BCUT2D eigenvalue weighted by Gasteiger charge is -2.33. The van der Waals surface area contributed by atoms with Gasteiger partial charge in [0.15, 0.2) is 11.5 Å². The lowest BCUT2D eigenvalue weighted by atomic mass is 9.89. The Balaban J connectivity index is 2.21. The Kier molecular flexibility index (Phi) is 4.62. The van der Waals surface area contributed by atoms with E-state index in [1.165, 1.54) is 12.1 Å². The molecule has 1 aliphatic heterocycles. The third-order valence-corrected chi connectivity index (χ3v) is 4.26. The van der Waals surface area contributed by atoms with Crippen molar-refractivity contribution in [2.75, 3.05) is 21.3 Å². The Morgan fingerprint density at radius 2 is 1.67 bits per heavy atom. The van der Waals surface area contributed by atoms with Crippen LogP contribution in [0.25, 0.3) is 0 Å². The van der Waals surface area contributed by atoms with Gasteiger partial charge in [0.05, 0.1) is 27.4 Å². The summed E-state index contributed by atoms with van der Waals surface area (Å²) >= 11 is 0. The van der Waals surface area contributed by atoms with Crippen molar-refractivity contribution in [1.29, 1.82) is 0 Å². The van der Waals surface area contributed by atoms with Crippen LogP contribution in [-0.4, -0.2) is 27.4 Å². The van der Waals surface area contributed by atoms with Gasteiger partial charge in [-0.2, -0.15) is 0 Å². The maximum Gasteiger partial charge on any atom is 0.203 e. The Labute approximate surface area is 141 Å². The summed E-state index contributed by atoms with van der Waals surface area (Å²) in [5.41, 5.74) is 2.85. The molecule has 0 saturated heterocycles. The third kappa shape index (κ3) is 2.80. The molecule has 0 saturated carbocycles. The van der Waals surface area contributed by atoms with Crippen molar-refractivity contribution in [3.05, 3.63) is 52.8 Å². The number of hydrogen-bond acceptors (Lipinski definition) is 4. The topological polar surface area (TPSA) is 36.9 Å². The van der Waals surface area contributed by atoms with Crippen molar-refractivity contribution in [1.82, 2.24) is 0 Å². The van der Waals surface area contributed by atoms with Crippen LogP contribution in [0.3, 0.4) is 0 Å². The molecule has 128 valence electrons. The van der Waals surface area contributed by atoms with E-state index in [1.54, 1.807) is 33.5 Å². The SMILES string of the molecule is COc1cc2c(c(OC)c1OC)[C@@H](c1ccc(F)cc1)O[C@@H](C)C2. The summed E-state index contributed by atoms with van der Waals surface area (Å²) < 4.78 is 36.0. The van der Waals surface area contributed by atoms with Crippen LogP contribution in [0, 0.1) is 5.82 Å². The van der Waals surface area contributed by atoms with E-state index >= 15 is 0 Å². The van der Waals surface area contributed by atoms with Crippen molar-refractivity contribution < 1.29 is 23.3 Å². The minimum atomic E-state index is -0.348. The summed E-state index contributed by atoms with van der Waals surface area (Å²) in [5, 5.41) is 0. The zero-order valence-corrected chi connectivity index (χ0v) is 14.3. The average molecular weight is 332 g/mol. The molecule has 1 aliphatic rings. The van der Waals surface area contributed by atoms with Gasteiger partial charge in [-0.05, 0) is 42.7 Å². The smallest absolute Gasteiger partial charge is 0.203 e. The molecule has 2 aromatic carbocycles. The van der Waals surface area contributed by atoms with Crippen molar-refractivity contribution >= 4 is 0 Å². The first-order valence-corrected chi connectivity index (χ1v) is 7.81. The number of hydrogen-bond donors (Lipinski definition) is 0. The summed E-state index contributed by atoms with van der Waals surface area (Å²) in [6, 6.07) is 8.30. The van der Waals surface area contributed by atoms with Crippen LogP contribution in [0.2, 0.25) is 0 Å². The Morgan fingerprint density at radius 3 is 2.25 bits per heavy atom. The van der Waals surface area contributed by atoms with Gasteiger partial charge in [0.25, 0.3) is 0 Å². The molecule has 2 aromatic rings. The van der Waals surface area contributed by atoms with E-state index in [1.807, 2.05) is 13.0 Å². The molecule has 0 unspecified atom stereocenters. The summed E-state index contributed by atoms with van der Waals surface area (Å²) in [6.07, 6.45) is 0.415. The van der Waals surface area contributed by atoms with E-state index < -0.39 is 0 Å². The summed E-state index contributed by atoms with van der Waals surface area (Å²) in [7, 11) is 4.77. The molecule has 0 radical (unpaired) electrons. The molecule has 0 amide bonds. The molecular formula is C19H21FO4. The highest BCUT2D eigenvalue weighted by atomic mass is 19.1. The Hall–Kier alpha value is -2.27. The van der Waals surface area contributed by atoms with E-state index in [2.05, 4.69) is 0 Å². The van der Waals surface area contributed by atoms with Crippen LogP contribution >= 0.6 is 0 Å². The van der Waals surface area contributed by atoms with Crippen LogP contribution in [-0.2, 0) is 11.2 Å². The average Bonchev–Trinajstić information content (AvgIpc) is 2.59. The van der Waals surface area contributed by atoms with Gasteiger partial charge in [-0.1, -0.05) is 12.1 Å². The van der Waals surface area contributed by atoms with E-state index in [4.69, 9.17) is 18.9 Å². The van der Waals surface area contributed by atoms with E-state index in [0.29, 0.717) is 17.2 Å². The van der Waals surface area contributed by atoms with Gasteiger partial charge < -0.3 is 18.9 Å². The second-order valence-electron chi connectivity index (χ2n) is 5.80. The number of fused-ring (bicyclic) bond motifs is 1. The highest BCUT2D eigenvalue weighted by molar-refractivity contribution is 5.62. The van der Waals surface area contributed by atoms with Crippen molar-refractivity contribution in [3.8, 4) is 17.2 Å². The zero-order valence-electron chi connectivity index (χ0n) is 14.3. The molecule has 0 bridgehead atoms. The lowest BCUT2D eigenvalue weighted by molar-refractivity contribution is 0.00555. The summed E-state index contributed by atoms with van der Waals surface area (Å²) in [5.74, 6) is 1.47. The molecule has 1 heterocycles. The molecule has 5 heteroatoms. The third-order valence-electron chi connectivity index (χ3n) is 4.26. The van der Waals surface area contributed by atoms with Gasteiger partial charge in [0.1, 0.15) is 11.9 Å². The van der Waals surface area contributed by atoms with Gasteiger partial charge in [-0.25, -0.2) is 4.39 Å². The molecule has 0 fully saturated rings. The second kappa shape index (κ2) is 6.69. The fraction of sp³-hybridized carbons (Fsp3) is 0.368. The molecule has 0 aromatic heterocycles. The molecule has 24 heavy (non-hydrogen) atoms. The van der Waals surface area contributed by atoms with Gasteiger partial charge in [-0.15, -0.1) is 0 Å². The minimum absolute atomic E-state index is 0.0235. The van der Waals surface area contributed by atoms with Crippen molar-refractivity contribution in [2.24, 2.45) is 0 Å². The largest absolute Gasteiger partial charge is 0.493 e. The fourth-order valence-electron chi connectivity index (χ4n) is 3.23. The van der Waals surface area contributed by atoms with Crippen molar-refractivity contribution in [2.45, 2.75) is 25.6 Å². The van der Waals surface area contributed by atoms with Gasteiger partial charge in [-0.3, -0.25) is 0 Å². The van der Waals surface area contributed by atoms with Crippen LogP contribution in [0.4, 0.5) is 4.39 Å². The van der Waals surface area contributed by atoms with E-state index in [0.717, 1.165) is 23.1 Å². The molecule has 0 N–H and O–H groups in total. The van der Waals surface area contributed by atoms with Crippen LogP contribution in [0.5, 0.6) is 17.2 Å². The van der Waals surface area contributed by atoms with Gasteiger partial charge in [0.2, 0.25) is 5.75 Å². The lowest BCUT2D eigenvalue weighted by Crippen LogP contribution is -2.25. The summed E-state index contributed by atoms with van der Waals surface area (Å²) in [4.78, 5) is 0. The Morgan fingerprint density at radius 1 is 1.00 bits per heavy atom. The van der Waals surface area contributed by atoms with Crippen LogP contribution in [0.1, 0.15) is 29.7 Å². The minimum Gasteiger partial charge on any atom is -0.493 e. The van der Waals surface area contributed by atoms with Crippen molar-refractivity contribution in [3.63, 3.8) is 0 Å². The summed E-state index contributed by atoms with van der Waals surface area (Å²) in [6.45, 7) is 2.02. The molecule has 4 nitrogen and oxygen atoms in total. The number of benzene rings is 2. The molecular weight excluding hydrogens is 311 g/mol. The molecule has 2 atom stereocenters. The molecule has 0 aliphatic carbocycles. The predicted molar refractivity (Wildman–Crippen MR) is 88.6 cm³/mol. The number of ether oxygens (including phenoxy) is 4. The number of methoxy groups -OCH3 is 3. The Bertz CT molecular complexity index is 727. The first-order chi connectivity index (χ1) is 11.6. The highest BCUT2D eigenvalue weighted by Crippen LogP contribution is 2.49. The first-order valence-electron chi connectivity index (χ1n) is 7.81. The predicted octanol–water partition coefficient (Wildman–Crippen LogP) is 3.90. The van der Waals surface area contributed by atoms with Gasteiger partial charge >= 0.3 is 0 Å². The highest BCUT2D eigenvalue weighted by Gasteiger charge is 2.33. The molecule has 3 rings (SSSR count). The monoisotopic (exact) mass is 332 g/mol. The van der Waals surface area contributed by atoms with Crippen LogP contribution < -0.4 is 14.2 Å². The maximum absolute atomic E-state index is 13.3. The normalized spacial score (nSPS) is 19.5. The van der Waals surface area contributed by atoms with E-state index in [-0.39, 0.29) is 18.0 Å². The maximum atomic E-state index is 13.3. The quantitative estimate of drug-likeness (QED) is 0.851. The molecule has 0 spiro atoms.